The van der Waals surface area contributed by atoms with Gasteiger partial charge in [-0.25, -0.2) is 0 Å². The first-order chi connectivity index (χ1) is 9.26. The summed E-state index contributed by atoms with van der Waals surface area (Å²) in [6.45, 7) is 6.36. The molecule has 0 aromatic carbocycles. The molecule has 5 heteroatoms. The van der Waals surface area contributed by atoms with E-state index in [1.165, 1.54) is 0 Å². The van der Waals surface area contributed by atoms with E-state index in [-0.39, 0.29) is 5.60 Å². The van der Waals surface area contributed by atoms with Crippen LogP contribution in [0.25, 0.3) is 0 Å². The van der Waals surface area contributed by atoms with Crippen LogP contribution in [0.15, 0.2) is 0 Å². The van der Waals surface area contributed by atoms with Crippen molar-refractivity contribution in [1.82, 2.24) is 10.2 Å². The number of rotatable bonds is 3. The Morgan fingerprint density at radius 1 is 1.32 bits per heavy atom. The Balaban J connectivity index is 1.44. The monoisotopic (exact) mass is 270 g/mol. The first-order valence-corrected chi connectivity index (χ1v) is 7.51. The maximum absolute atomic E-state index is 5.96. The van der Waals surface area contributed by atoms with Crippen molar-refractivity contribution in [1.29, 1.82) is 0 Å². The number of ether oxygens (including phenoxy) is 3. The second-order valence-electron chi connectivity index (χ2n) is 6.19. The van der Waals surface area contributed by atoms with Gasteiger partial charge in [0.1, 0.15) is 0 Å². The molecule has 1 N–H and O–H groups in total. The largest absolute Gasteiger partial charge is 0.378 e. The van der Waals surface area contributed by atoms with Crippen LogP contribution in [0.1, 0.15) is 19.3 Å². The van der Waals surface area contributed by atoms with Gasteiger partial charge in [0.2, 0.25) is 0 Å². The predicted octanol–water partition coefficient (Wildman–Crippen LogP) is 0.245. The Bertz CT molecular complexity index is 294. The van der Waals surface area contributed by atoms with Crippen LogP contribution < -0.4 is 5.32 Å². The number of nitrogens with zero attached hydrogens (tertiary/aromatic N) is 1. The Hall–Kier alpha value is -0.200. The van der Waals surface area contributed by atoms with E-state index in [1.54, 1.807) is 0 Å². The summed E-state index contributed by atoms with van der Waals surface area (Å²) < 4.78 is 17.3. The molecule has 1 spiro atoms. The van der Waals surface area contributed by atoms with Crippen molar-refractivity contribution in [2.75, 3.05) is 53.1 Å². The third-order valence-electron chi connectivity index (χ3n) is 4.54. The second-order valence-corrected chi connectivity index (χ2v) is 6.19. The van der Waals surface area contributed by atoms with Gasteiger partial charge >= 0.3 is 0 Å². The highest BCUT2D eigenvalue weighted by molar-refractivity contribution is 4.93. The molecule has 0 saturated carbocycles. The third-order valence-corrected chi connectivity index (χ3v) is 4.54. The highest BCUT2D eigenvalue weighted by Crippen LogP contribution is 2.32. The Morgan fingerprint density at radius 2 is 2.26 bits per heavy atom. The molecule has 5 nitrogen and oxygen atoms in total. The third kappa shape index (κ3) is 3.47. The molecule has 0 aromatic heterocycles. The minimum absolute atomic E-state index is 0.000129. The van der Waals surface area contributed by atoms with Crippen LogP contribution in [0.2, 0.25) is 0 Å². The van der Waals surface area contributed by atoms with Gasteiger partial charge in [-0.05, 0) is 19.9 Å². The Kier molecular flexibility index (Phi) is 4.39. The molecular formula is C14H26N2O3. The van der Waals surface area contributed by atoms with Crippen LogP contribution in [-0.4, -0.2) is 75.8 Å². The van der Waals surface area contributed by atoms with E-state index in [2.05, 4.69) is 17.3 Å². The maximum atomic E-state index is 5.96. The van der Waals surface area contributed by atoms with E-state index >= 15 is 0 Å². The van der Waals surface area contributed by atoms with E-state index in [4.69, 9.17) is 14.2 Å². The summed E-state index contributed by atoms with van der Waals surface area (Å²) in [5.41, 5.74) is 0.000129. The van der Waals surface area contributed by atoms with E-state index in [0.29, 0.717) is 12.1 Å². The van der Waals surface area contributed by atoms with Crippen molar-refractivity contribution >= 4 is 0 Å². The van der Waals surface area contributed by atoms with Crippen LogP contribution in [0, 0.1) is 0 Å². The Labute approximate surface area is 115 Å². The summed E-state index contributed by atoms with van der Waals surface area (Å²) in [5.74, 6) is 0. The summed E-state index contributed by atoms with van der Waals surface area (Å²) in [4.78, 5) is 2.34. The van der Waals surface area contributed by atoms with Crippen LogP contribution in [0.3, 0.4) is 0 Å². The van der Waals surface area contributed by atoms with Gasteiger partial charge in [-0.3, -0.25) is 0 Å². The van der Waals surface area contributed by atoms with Gasteiger partial charge in [0, 0.05) is 45.3 Å². The summed E-state index contributed by atoms with van der Waals surface area (Å²) in [7, 11) is 2.16. The zero-order chi connectivity index (χ0) is 13.1. The molecule has 0 aromatic rings. The van der Waals surface area contributed by atoms with Gasteiger partial charge in [0.05, 0.1) is 24.9 Å². The fourth-order valence-corrected chi connectivity index (χ4v) is 3.35. The molecule has 0 radical (unpaired) electrons. The summed E-state index contributed by atoms with van der Waals surface area (Å²) in [6, 6.07) is 0.547. The van der Waals surface area contributed by atoms with Crippen molar-refractivity contribution in [3.8, 4) is 0 Å². The number of nitrogens with one attached hydrogen (secondary N) is 1. The van der Waals surface area contributed by atoms with Crippen molar-refractivity contribution in [2.24, 2.45) is 0 Å². The highest BCUT2D eigenvalue weighted by Gasteiger charge is 2.40. The van der Waals surface area contributed by atoms with Crippen LogP contribution in [-0.2, 0) is 14.2 Å². The minimum Gasteiger partial charge on any atom is -0.378 e. The summed E-state index contributed by atoms with van der Waals surface area (Å²) >= 11 is 0. The predicted molar refractivity (Wildman–Crippen MR) is 72.4 cm³/mol. The molecule has 3 atom stereocenters. The van der Waals surface area contributed by atoms with Crippen molar-refractivity contribution in [3.05, 3.63) is 0 Å². The van der Waals surface area contributed by atoms with Gasteiger partial charge in [-0.2, -0.15) is 0 Å². The lowest BCUT2D eigenvalue weighted by Crippen LogP contribution is -2.51. The number of likely N-dealkylation sites (N-methyl/N-ethyl adjacent to an activating group) is 1. The first-order valence-electron chi connectivity index (χ1n) is 7.51. The standard InChI is InChI=1S/C14H26N2O3/c1-16-4-7-18-13(10-16)9-15-12-2-5-19-14(8-12)3-6-17-11-14/h12-13,15H,2-11H2,1H3. The fraction of sp³-hybridized carbons (Fsp3) is 1.00. The molecule has 3 rings (SSSR count). The first kappa shape index (κ1) is 13.8. The zero-order valence-electron chi connectivity index (χ0n) is 11.9. The van der Waals surface area contributed by atoms with E-state index < -0.39 is 0 Å². The van der Waals surface area contributed by atoms with E-state index in [1.807, 2.05) is 0 Å². The second kappa shape index (κ2) is 6.06. The lowest BCUT2D eigenvalue weighted by Gasteiger charge is -2.38. The average molecular weight is 270 g/mol. The molecule has 3 saturated heterocycles. The van der Waals surface area contributed by atoms with Crippen molar-refractivity contribution in [3.63, 3.8) is 0 Å². The highest BCUT2D eigenvalue weighted by atomic mass is 16.6. The van der Waals surface area contributed by atoms with Crippen molar-refractivity contribution < 1.29 is 14.2 Å². The molecule has 19 heavy (non-hydrogen) atoms. The smallest absolute Gasteiger partial charge is 0.0951 e. The molecule has 110 valence electrons. The molecule has 3 unspecified atom stereocenters. The summed E-state index contributed by atoms with van der Waals surface area (Å²) in [5, 5.41) is 3.68. The van der Waals surface area contributed by atoms with Gasteiger partial charge in [-0.15, -0.1) is 0 Å². The van der Waals surface area contributed by atoms with Crippen molar-refractivity contribution in [2.45, 2.75) is 37.0 Å². The van der Waals surface area contributed by atoms with Gasteiger partial charge < -0.3 is 24.4 Å². The van der Waals surface area contributed by atoms with Crippen LogP contribution in [0.5, 0.6) is 0 Å². The number of morpholine rings is 1. The van der Waals surface area contributed by atoms with Crippen LogP contribution in [0.4, 0.5) is 0 Å². The van der Waals surface area contributed by atoms with Gasteiger partial charge in [0.15, 0.2) is 0 Å². The normalized spacial score (nSPS) is 40.9. The molecule has 3 fully saturated rings. The number of hydrogen-bond acceptors (Lipinski definition) is 5. The van der Waals surface area contributed by atoms with Gasteiger partial charge in [-0.1, -0.05) is 0 Å². The molecule has 0 amide bonds. The topological polar surface area (TPSA) is 43.0 Å². The SMILES string of the molecule is CN1CCOC(CNC2CCOC3(CCOC3)C2)C1. The lowest BCUT2D eigenvalue weighted by molar-refractivity contribution is -0.0916. The number of hydrogen-bond donors (Lipinski definition) is 1. The zero-order valence-corrected chi connectivity index (χ0v) is 11.9. The lowest BCUT2D eigenvalue weighted by atomic mass is 9.89. The van der Waals surface area contributed by atoms with E-state index in [0.717, 1.165) is 65.3 Å². The van der Waals surface area contributed by atoms with E-state index in [9.17, 15) is 0 Å². The average Bonchev–Trinajstić information content (AvgIpc) is 2.85. The maximum Gasteiger partial charge on any atom is 0.0951 e. The summed E-state index contributed by atoms with van der Waals surface area (Å²) in [6.07, 6.45) is 3.56. The molecular weight excluding hydrogens is 244 g/mol. The molecule has 0 aliphatic carbocycles. The minimum atomic E-state index is 0.000129. The molecule has 3 aliphatic rings. The van der Waals surface area contributed by atoms with Gasteiger partial charge in [0.25, 0.3) is 0 Å². The molecule has 0 bridgehead atoms. The Morgan fingerprint density at radius 3 is 3.05 bits per heavy atom. The quantitative estimate of drug-likeness (QED) is 0.796. The molecule has 3 heterocycles. The fourth-order valence-electron chi connectivity index (χ4n) is 3.35. The molecule has 3 aliphatic heterocycles. The van der Waals surface area contributed by atoms with Crippen LogP contribution >= 0.6 is 0 Å².